The van der Waals surface area contributed by atoms with E-state index in [1.165, 1.54) is 0 Å². The van der Waals surface area contributed by atoms with Gasteiger partial charge in [0.25, 0.3) is 0 Å². The Labute approximate surface area is 70.2 Å². The van der Waals surface area contributed by atoms with Crippen LogP contribution in [0.15, 0.2) is 30.3 Å². The molecule has 0 aliphatic heterocycles. The summed E-state index contributed by atoms with van der Waals surface area (Å²) in [5.74, 6) is 0. The summed E-state index contributed by atoms with van der Waals surface area (Å²) >= 11 is 0. The fourth-order valence-corrected chi connectivity index (χ4v) is 0.321. The summed E-state index contributed by atoms with van der Waals surface area (Å²) in [6.45, 7) is 0. The molecule has 0 amide bonds. The van der Waals surface area contributed by atoms with Crippen LogP contribution in [0.3, 0.4) is 0 Å². The molecular weight excluding hydrogens is 161 g/mol. The van der Waals surface area contributed by atoms with Crippen molar-refractivity contribution < 1.29 is 32.7 Å². The molecule has 1 heteroatoms. The third-order valence-electron chi connectivity index (χ3n) is 0.556. The van der Waals surface area contributed by atoms with Crippen LogP contribution in [-0.4, -0.2) is 0 Å². The van der Waals surface area contributed by atoms with Gasteiger partial charge in [-0.3, -0.25) is 0 Å². The predicted octanol–water partition coefficient (Wildman–Crippen LogP) is 1.85. The number of hydrogen-bond acceptors (Lipinski definition) is 0. The molecule has 0 N–H and O–H groups in total. The molecule has 0 aromatic heterocycles. The zero-order valence-electron chi connectivity index (χ0n) is 4.46. The van der Waals surface area contributed by atoms with Crippen LogP contribution in [-0.2, 0) is 32.7 Å². The van der Waals surface area contributed by atoms with Crippen LogP contribution >= 0.6 is 0 Å². The van der Waals surface area contributed by atoms with Crippen LogP contribution in [0.1, 0.15) is 0 Å². The van der Waals surface area contributed by atoms with Gasteiger partial charge in [0.2, 0.25) is 0 Å². The fourth-order valence-electron chi connectivity index (χ4n) is 0.321. The Morgan fingerprint density at radius 3 is 1.57 bits per heavy atom. The van der Waals surface area contributed by atoms with E-state index >= 15 is 0 Å². The maximum atomic E-state index is 2.00. The Morgan fingerprint density at radius 1 is 1.00 bits per heavy atom. The summed E-state index contributed by atoms with van der Waals surface area (Å²) < 4.78 is 0. The molecule has 1 radical (unpaired) electrons. The van der Waals surface area contributed by atoms with Gasteiger partial charge in [0.05, 0.1) is 0 Å². The summed E-state index contributed by atoms with van der Waals surface area (Å²) in [7, 11) is 0. The first-order valence-electron chi connectivity index (χ1n) is 1.67. The molecule has 0 bridgehead atoms. The average molecular weight is 169 g/mol. The van der Waals surface area contributed by atoms with E-state index in [-0.39, 0.29) is 40.1 Å². The first-order chi connectivity index (χ1) is 2.50. The van der Waals surface area contributed by atoms with E-state index in [1.54, 1.807) is 0 Å². The minimum absolute atomic E-state index is 0. The molecule has 0 aliphatic rings. The molecule has 0 heterocycles. The van der Waals surface area contributed by atoms with Gasteiger partial charge < -0.3 is 7.43 Å². The van der Waals surface area contributed by atoms with Gasteiger partial charge >= 0.3 is 0 Å². The maximum absolute atomic E-state index is 2.00. The van der Waals surface area contributed by atoms with Crippen LogP contribution in [0.25, 0.3) is 0 Å². The Balaban J connectivity index is 0. The van der Waals surface area contributed by atoms with E-state index in [0.717, 1.165) is 0 Å². The van der Waals surface area contributed by atoms with Crippen molar-refractivity contribution in [2.24, 2.45) is 0 Å². The van der Waals surface area contributed by atoms with Crippen molar-refractivity contribution in [1.29, 1.82) is 0 Å². The topological polar surface area (TPSA) is 0 Å². The zero-order valence-corrected chi connectivity index (χ0v) is 7.30. The van der Waals surface area contributed by atoms with Crippen molar-refractivity contribution in [2.45, 2.75) is 0 Å². The van der Waals surface area contributed by atoms with Crippen molar-refractivity contribution in [3.8, 4) is 0 Å². The molecule has 1 rings (SSSR count). The van der Waals surface area contributed by atoms with Crippen molar-refractivity contribution in [3.63, 3.8) is 0 Å². The summed E-state index contributed by atoms with van der Waals surface area (Å²) in [6, 6.07) is 10.0. The Morgan fingerprint density at radius 2 is 1.43 bits per heavy atom. The minimum Gasteiger partial charge on any atom is -0.358 e. The van der Waals surface area contributed by atoms with Gasteiger partial charge in [0, 0.05) is 32.7 Å². The summed E-state index contributed by atoms with van der Waals surface area (Å²) in [5, 5.41) is 0. The van der Waals surface area contributed by atoms with E-state index in [2.05, 4.69) is 0 Å². The Kier molecular flexibility index (Phi) is 9.62. The van der Waals surface area contributed by atoms with Crippen LogP contribution in [0.5, 0.6) is 0 Å². The fraction of sp³-hybridized carbons (Fsp3) is 0. The van der Waals surface area contributed by atoms with Crippen LogP contribution in [0.4, 0.5) is 0 Å². The summed E-state index contributed by atoms with van der Waals surface area (Å²) in [6.07, 6.45) is 0. The van der Waals surface area contributed by atoms with E-state index < -0.39 is 0 Å². The molecule has 1 aromatic rings. The summed E-state index contributed by atoms with van der Waals surface area (Å²) in [4.78, 5) is 0. The van der Waals surface area contributed by atoms with Crippen molar-refractivity contribution in [3.05, 3.63) is 37.8 Å². The number of hydrogen-bond donors (Lipinski definition) is 0. The Hall–Kier alpha value is 0.454. The molecule has 0 fully saturated rings. The SMILES string of the molecule is [CH3-].[Y].c1cc[cH-]c1. The van der Waals surface area contributed by atoms with Crippen molar-refractivity contribution in [2.75, 3.05) is 0 Å². The molecule has 1 aromatic carbocycles. The van der Waals surface area contributed by atoms with E-state index in [0.29, 0.717) is 0 Å². The van der Waals surface area contributed by atoms with Crippen LogP contribution in [0, 0.1) is 7.43 Å². The molecule has 37 valence electrons. The molecule has 7 heavy (non-hydrogen) atoms. The predicted molar refractivity (Wildman–Crippen MR) is 28.4 cm³/mol. The normalized spacial score (nSPS) is 5.71. The monoisotopic (exact) mass is 169 g/mol. The van der Waals surface area contributed by atoms with Gasteiger partial charge in [-0.2, -0.15) is 18.2 Å². The average Bonchev–Trinajstić information content (AvgIpc) is 1.76. The zero-order chi connectivity index (χ0) is 3.54. The molecule has 0 atom stereocenters. The second-order valence-electron chi connectivity index (χ2n) is 0.962. The van der Waals surface area contributed by atoms with Crippen molar-refractivity contribution >= 4 is 0 Å². The third kappa shape index (κ3) is 4.30. The van der Waals surface area contributed by atoms with Crippen LogP contribution in [0.2, 0.25) is 0 Å². The van der Waals surface area contributed by atoms with E-state index in [1.807, 2.05) is 30.3 Å². The second kappa shape index (κ2) is 6.45. The third-order valence-corrected chi connectivity index (χ3v) is 0.556. The molecular formula is C6H8Y-2. The summed E-state index contributed by atoms with van der Waals surface area (Å²) in [5.41, 5.74) is 0. The van der Waals surface area contributed by atoms with Gasteiger partial charge in [0.15, 0.2) is 0 Å². The van der Waals surface area contributed by atoms with Gasteiger partial charge in [-0.25, -0.2) is 12.1 Å². The van der Waals surface area contributed by atoms with Crippen LogP contribution < -0.4 is 0 Å². The van der Waals surface area contributed by atoms with Gasteiger partial charge in [0.1, 0.15) is 0 Å². The first-order valence-corrected chi connectivity index (χ1v) is 1.67. The maximum Gasteiger partial charge on any atom is 0 e. The van der Waals surface area contributed by atoms with Gasteiger partial charge in [-0.05, 0) is 0 Å². The van der Waals surface area contributed by atoms with Crippen molar-refractivity contribution in [1.82, 2.24) is 0 Å². The Bertz CT molecular complexity index is 60.7. The van der Waals surface area contributed by atoms with E-state index in [9.17, 15) is 0 Å². The molecule has 0 spiro atoms. The smallest absolute Gasteiger partial charge is 0 e. The van der Waals surface area contributed by atoms with Gasteiger partial charge in [-0.15, -0.1) is 0 Å². The molecule has 0 saturated carbocycles. The molecule has 0 saturated heterocycles. The molecule has 0 aliphatic carbocycles. The molecule has 0 unspecified atom stereocenters. The second-order valence-corrected chi connectivity index (χ2v) is 0.962. The largest absolute Gasteiger partial charge is 0.358 e. The molecule has 0 nitrogen and oxygen atoms in total. The van der Waals surface area contributed by atoms with E-state index in [4.69, 9.17) is 0 Å². The first kappa shape index (κ1) is 10.4. The van der Waals surface area contributed by atoms with Gasteiger partial charge in [-0.1, -0.05) is 0 Å². The minimum atomic E-state index is 0. The quantitative estimate of drug-likeness (QED) is 0.520. The number of rotatable bonds is 0. The standard InChI is InChI=1S/C5H5.CH3.Y/c1-2-4-5-3-1;;/h1-5H;1H3;/q2*-1;.